The Morgan fingerprint density at radius 3 is 2.19 bits per heavy atom. The zero-order chi connectivity index (χ0) is 11.4. The molecule has 3 nitrogen and oxygen atoms in total. The molecule has 1 saturated carbocycles. The Balaban J connectivity index is 1.58. The first kappa shape index (κ1) is 12.2. The number of alkyl halides is 1. The van der Waals surface area contributed by atoms with Gasteiger partial charge in [0.15, 0.2) is 0 Å². The second kappa shape index (κ2) is 5.87. The van der Waals surface area contributed by atoms with E-state index in [0.717, 1.165) is 44.3 Å². The molecule has 1 aliphatic heterocycles. The minimum absolute atomic E-state index is 0.0889. The van der Waals surface area contributed by atoms with Crippen molar-refractivity contribution in [1.29, 1.82) is 0 Å². The maximum absolute atomic E-state index is 11.4. The lowest BCUT2D eigenvalue weighted by molar-refractivity contribution is -0.129. The van der Waals surface area contributed by atoms with Crippen LogP contribution in [0, 0.1) is 11.8 Å². The quantitative estimate of drug-likeness (QED) is 0.743. The third kappa shape index (κ3) is 3.63. The number of nitrogens with one attached hydrogen (secondary N) is 1. The van der Waals surface area contributed by atoms with Crippen LogP contribution in [0.5, 0.6) is 0 Å². The Kier molecular flexibility index (Phi) is 4.47. The normalized spacial score (nSPS) is 22.4. The molecule has 1 aliphatic carbocycles. The highest BCUT2D eigenvalue weighted by Crippen LogP contribution is 2.27. The maximum atomic E-state index is 11.4. The van der Waals surface area contributed by atoms with Crippen LogP contribution in [0.4, 0.5) is 0 Å². The average molecular weight is 245 g/mol. The number of hydrogen-bond donors (Lipinski definition) is 1. The van der Waals surface area contributed by atoms with Crippen molar-refractivity contribution in [3.63, 3.8) is 0 Å². The van der Waals surface area contributed by atoms with Crippen LogP contribution in [0.15, 0.2) is 0 Å². The molecule has 1 saturated heterocycles. The zero-order valence-electron chi connectivity index (χ0n) is 9.75. The van der Waals surface area contributed by atoms with Crippen molar-refractivity contribution in [2.24, 2.45) is 11.8 Å². The highest BCUT2D eigenvalue weighted by Gasteiger charge is 2.23. The molecule has 2 aliphatic rings. The van der Waals surface area contributed by atoms with E-state index in [1.54, 1.807) is 0 Å². The molecule has 0 atom stereocenters. The molecule has 2 fully saturated rings. The van der Waals surface area contributed by atoms with Crippen LogP contribution in [0.1, 0.15) is 25.7 Å². The number of nitrogens with zero attached hydrogens (tertiary/aromatic N) is 1. The number of likely N-dealkylation sites (tertiary alicyclic amines) is 1. The van der Waals surface area contributed by atoms with Gasteiger partial charge in [-0.25, -0.2) is 0 Å². The number of rotatable bonds is 5. The molecule has 0 bridgehead atoms. The number of piperidine rings is 1. The van der Waals surface area contributed by atoms with E-state index in [9.17, 15) is 4.79 Å². The van der Waals surface area contributed by atoms with Crippen molar-refractivity contribution in [3.05, 3.63) is 0 Å². The van der Waals surface area contributed by atoms with Crippen LogP contribution < -0.4 is 5.32 Å². The summed E-state index contributed by atoms with van der Waals surface area (Å²) in [6, 6.07) is 0. The van der Waals surface area contributed by atoms with E-state index in [1.165, 1.54) is 19.4 Å². The van der Waals surface area contributed by atoms with Gasteiger partial charge in [-0.15, -0.1) is 11.6 Å². The molecule has 1 heterocycles. The summed E-state index contributed by atoms with van der Waals surface area (Å²) in [5, 5.41) is 3.55. The third-order valence-electron chi connectivity index (χ3n) is 3.64. The van der Waals surface area contributed by atoms with Gasteiger partial charge in [0.1, 0.15) is 5.88 Å². The lowest BCUT2D eigenvalue weighted by Gasteiger charge is -2.31. The zero-order valence-corrected chi connectivity index (χ0v) is 10.5. The van der Waals surface area contributed by atoms with Crippen molar-refractivity contribution >= 4 is 17.5 Å². The largest absolute Gasteiger partial charge is 0.342 e. The van der Waals surface area contributed by atoms with Gasteiger partial charge in [0, 0.05) is 13.1 Å². The minimum atomic E-state index is 0.0889. The fourth-order valence-electron chi connectivity index (χ4n) is 2.28. The van der Waals surface area contributed by atoms with Gasteiger partial charge in [-0.05, 0) is 50.6 Å². The Bertz CT molecular complexity index is 235. The summed E-state index contributed by atoms with van der Waals surface area (Å²) in [4.78, 5) is 13.3. The second-order valence-corrected chi connectivity index (χ2v) is 5.33. The molecular weight excluding hydrogens is 224 g/mol. The Morgan fingerprint density at radius 2 is 1.69 bits per heavy atom. The van der Waals surface area contributed by atoms with E-state index in [-0.39, 0.29) is 11.8 Å². The van der Waals surface area contributed by atoms with Crippen molar-refractivity contribution in [3.8, 4) is 0 Å². The van der Waals surface area contributed by atoms with Crippen LogP contribution in [0.25, 0.3) is 0 Å². The van der Waals surface area contributed by atoms with Crippen molar-refractivity contribution in [2.45, 2.75) is 25.7 Å². The summed E-state index contributed by atoms with van der Waals surface area (Å²) >= 11 is 5.54. The fraction of sp³-hybridized carbons (Fsp3) is 0.917. The molecule has 16 heavy (non-hydrogen) atoms. The van der Waals surface area contributed by atoms with E-state index in [4.69, 9.17) is 11.6 Å². The predicted molar refractivity (Wildman–Crippen MR) is 65.6 cm³/mol. The summed E-state index contributed by atoms with van der Waals surface area (Å²) in [7, 11) is 0. The van der Waals surface area contributed by atoms with Gasteiger partial charge in [-0.2, -0.15) is 0 Å². The van der Waals surface area contributed by atoms with Crippen LogP contribution >= 0.6 is 11.6 Å². The van der Waals surface area contributed by atoms with Gasteiger partial charge < -0.3 is 10.2 Å². The molecular formula is C12H21ClN2O. The number of halogens is 1. The summed E-state index contributed by atoms with van der Waals surface area (Å²) in [5.74, 6) is 1.92. The molecule has 0 aromatic rings. The molecule has 1 N–H and O–H groups in total. The van der Waals surface area contributed by atoms with Gasteiger partial charge in [-0.3, -0.25) is 4.79 Å². The van der Waals surface area contributed by atoms with Crippen molar-refractivity contribution in [1.82, 2.24) is 10.2 Å². The van der Waals surface area contributed by atoms with Gasteiger partial charge in [0.2, 0.25) is 5.91 Å². The standard InChI is InChI=1S/C12H21ClN2O/c13-7-12(16)15-5-3-11(4-6-15)9-14-8-10-1-2-10/h10-11,14H,1-9H2. The smallest absolute Gasteiger partial charge is 0.237 e. The molecule has 0 aromatic heterocycles. The van der Waals surface area contributed by atoms with Gasteiger partial charge in [-0.1, -0.05) is 0 Å². The van der Waals surface area contributed by atoms with E-state index in [2.05, 4.69) is 5.32 Å². The van der Waals surface area contributed by atoms with E-state index < -0.39 is 0 Å². The lowest BCUT2D eigenvalue weighted by Crippen LogP contribution is -2.41. The predicted octanol–water partition coefficient (Wildman–Crippen LogP) is 1.46. The van der Waals surface area contributed by atoms with Crippen molar-refractivity contribution in [2.75, 3.05) is 32.1 Å². The first-order valence-corrected chi connectivity index (χ1v) is 6.87. The van der Waals surface area contributed by atoms with Gasteiger partial charge in [0.05, 0.1) is 0 Å². The Labute approximate surface area is 103 Å². The molecule has 1 amide bonds. The molecule has 0 spiro atoms. The topological polar surface area (TPSA) is 32.3 Å². The molecule has 0 aromatic carbocycles. The molecule has 92 valence electrons. The summed E-state index contributed by atoms with van der Waals surface area (Å²) in [6.45, 7) is 4.10. The number of amides is 1. The average Bonchev–Trinajstić information content (AvgIpc) is 3.13. The lowest BCUT2D eigenvalue weighted by atomic mass is 9.97. The first-order chi connectivity index (χ1) is 7.79. The fourth-order valence-corrected chi connectivity index (χ4v) is 2.45. The monoisotopic (exact) mass is 244 g/mol. The number of hydrogen-bond acceptors (Lipinski definition) is 2. The molecule has 2 rings (SSSR count). The third-order valence-corrected chi connectivity index (χ3v) is 3.87. The number of carbonyl (C=O) groups excluding carboxylic acids is 1. The van der Waals surface area contributed by atoms with Crippen LogP contribution in [-0.2, 0) is 4.79 Å². The SMILES string of the molecule is O=C(CCl)N1CCC(CNCC2CC2)CC1. The van der Waals surface area contributed by atoms with Crippen LogP contribution in [0.3, 0.4) is 0 Å². The number of carbonyl (C=O) groups is 1. The maximum Gasteiger partial charge on any atom is 0.237 e. The Morgan fingerprint density at radius 1 is 1.12 bits per heavy atom. The van der Waals surface area contributed by atoms with E-state index >= 15 is 0 Å². The molecule has 0 radical (unpaired) electrons. The van der Waals surface area contributed by atoms with Gasteiger partial charge in [0.25, 0.3) is 0 Å². The molecule has 4 heteroatoms. The Hall–Kier alpha value is -0.280. The second-order valence-electron chi connectivity index (χ2n) is 5.06. The first-order valence-electron chi connectivity index (χ1n) is 6.34. The van der Waals surface area contributed by atoms with Crippen LogP contribution in [-0.4, -0.2) is 42.9 Å². The van der Waals surface area contributed by atoms with Crippen LogP contribution in [0.2, 0.25) is 0 Å². The highest BCUT2D eigenvalue weighted by atomic mass is 35.5. The van der Waals surface area contributed by atoms with Crippen molar-refractivity contribution < 1.29 is 4.79 Å². The van der Waals surface area contributed by atoms with E-state index in [0.29, 0.717) is 0 Å². The summed E-state index contributed by atoms with van der Waals surface area (Å²) < 4.78 is 0. The van der Waals surface area contributed by atoms with Gasteiger partial charge >= 0.3 is 0 Å². The van der Waals surface area contributed by atoms with E-state index in [1.807, 2.05) is 4.90 Å². The highest BCUT2D eigenvalue weighted by molar-refractivity contribution is 6.27. The summed E-state index contributed by atoms with van der Waals surface area (Å²) in [6.07, 6.45) is 5.08. The molecule has 0 unspecified atom stereocenters. The minimum Gasteiger partial charge on any atom is -0.342 e. The summed E-state index contributed by atoms with van der Waals surface area (Å²) in [5.41, 5.74) is 0.